The van der Waals surface area contributed by atoms with Gasteiger partial charge in [-0.3, -0.25) is 4.90 Å². The predicted octanol–water partition coefficient (Wildman–Crippen LogP) is 5.02. The SMILES string of the molecule is CCCC[C@H](O)CN1CCN(c2nc(-c3ccccc3)nc(C)c2Cc2ccccc2C)CC1. The molecule has 3 aromatic rings. The van der Waals surface area contributed by atoms with E-state index in [1.165, 1.54) is 16.7 Å². The van der Waals surface area contributed by atoms with E-state index in [-0.39, 0.29) is 6.10 Å². The van der Waals surface area contributed by atoms with Crippen molar-refractivity contribution in [1.82, 2.24) is 14.9 Å². The van der Waals surface area contributed by atoms with Crippen LogP contribution in [-0.2, 0) is 6.42 Å². The first-order valence-corrected chi connectivity index (χ1v) is 12.7. The van der Waals surface area contributed by atoms with Gasteiger partial charge in [0, 0.05) is 56.0 Å². The smallest absolute Gasteiger partial charge is 0.161 e. The Bertz CT molecular complexity index is 1060. The maximum atomic E-state index is 10.4. The average molecular weight is 459 g/mol. The molecule has 0 saturated carbocycles. The molecule has 0 bridgehead atoms. The molecule has 0 spiro atoms. The van der Waals surface area contributed by atoms with Gasteiger partial charge < -0.3 is 10.0 Å². The number of anilines is 1. The quantitative estimate of drug-likeness (QED) is 0.488. The zero-order valence-corrected chi connectivity index (χ0v) is 20.9. The highest BCUT2D eigenvalue weighted by molar-refractivity contribution is 5.61. The minimum atomic E-state index is -0.228. The van der Waals surface area contributed by atoms with Gasteiger partial charge in [-0.1, -0.05) is 74.4 Å². The van der Waals surface area contributed by atoms with Crippen molar-refractivity contribution in [3.63, 3.8) is 0 Å². The van der Waals surface area contributed by atoms with Gasteiger partial charge in [-0.25, -0.2) is 9.97 Å². The molecule has 0 aliphatic carbocycles. The third-order valence-corrected chi connectivity index (χ3v) is 6.88. The summed E-state index contributed by atoms with van der Waals surface area (Å²) < 4.78 is 0. The van der Waals surface area contributed by atoms with Crippen LogP contribution >= 0.6 is 0 Å². The summed E-state index contributed by atoms with van der Waals surface area (Å²) in [6, 6.07) is 18.8. The topological polar surface area (TPSA) is 52.5 Å². The van der Waals surface area contributed by atoms with Crippen LogP contribution in [0.4, 0.5) is 5.82 Å². The van der Waals surface area contributed by atoms with Crippen LogP contribution in [0.3, 0.4) is 0 Å². The van der Waals surface area contributed by atoms with E-state index < -0.39 is 0 Å². The van der Waals surface area contributed by atoms with Crippen LogP contribution in [0.25, 0.3) is 11.4 Å². The highest BCUT2D eigenvalue weighted by atomic mass is 16.3. The number of aliphatic hydroxyl groups is 1. The van der Waals surface area contributed by atoms with Crippen molar-refractivity contribution < 1.29 is 5.11 Å². The monoisotopic (exact) mass is 458 g/mol. The summed E-state index contributed by atoms with van der Waals surface area (Å²) in [6.45, 7) is 10.9. The Morgan fingerprint density at radius 1 is 0.912 bits per heavy atom. The lowest BCUT2D eigenvalue weighted by molar-refractivity contribution is 0.100. The second kappa shape index (κ2) is 11.6. The number of rotatable bonds is 9. The van der Waals surface area contributed by atoms with Crippen molar-refractivity contribution in [2.45, 2.75) is 52.6 Å². The summed E-state index contributed by atoms with van der Waals surface area (Å²) in [6.07, 6.45) is 3.72. The van der Waals surface area contributed by atoms with E-state index in [0.29, 0.717) is 0 Å². The first kappa shape index (κ1) is 24.4. The maximum Gasteiger partial charge on any atom is 0.161 e. The van der Waals surface area contributed by atoms with Crippen molar-refractivity contribution in [1.29, 1.82) is 0 Å². The standard InChI is InChI=1S/C29H38N4O/c1-4-5-15-26(34)21-32-16-18-33(19-17-32)29-27(20-25-14-10-9-11-22(25)2)23(3)30-28(31-29)24-12-7-6-8-13-24/h6-14,26,34H,4-5,15-21H2,1-3H3/t26-/m0/s1. The van der Waals surface area contributed by atoms with Gasteiger partial charge in [0.2, 0.25) is 0 Å². The van der Waals surface area contributed by atoms with Gasteiger partial charge in [0.15, 0.2) is 5.82 Å². The number of piperazine rings is 1. The largest absolute Gasteiger partial charge is 0.392 e. The Morgan fingerprint density at radius 2 is 1.62 bits per heavy atom. The van der Waals surface area contributed by atoms with Crippen molar-refractivity contribution in [3.8, 4) is 11.4 Å². The zero-order chi connectivity index (χ0) is 23.9. The van der Waals surface area contributed by atoms with Gasteiger partial charge in [0.05, 0.1) is 6.10 Å². The molecule has 0 unspecified atom stereocenters. The van der Waals surface area contributed by atoms with Crippen LogP contribution in [0.15, 0.2) is 54.6 Å². The lowest BCUT2D eigenvalue weighted by Crippen LogP contribution is -2.49. The molecule has 1 fully saturated rings. The minimum Gasteiger partial charge on any atom is -0.392 e. The van der Waals surface area contributed by atoms with E-state index in [2.05, 4.69) is 67.0 Å². The molecule has 34 heavy (non-hydrogen) atoms. The van der Waals surface area contributed by atoms with Crippen LogP contribution in [0, 0.1) is 13.8 Å². The van der Waals surface area contributed by atoms with E-state index in [4.69, 9.17) is 9.97 Å². The molecule has 2 heterocycles. The second-order valence-corrected chi connectivity index (χ2v) is 9.49. The van der Waals surface area contributed by atoms with Crippen molar-refractivity contribution >= 4 is 5.82 Å². The van der Waals surface area contributed by atoms with Gasteiger partial charge in [0.25, 0.3) is 0 Å². The van der Waals surface area contributed by atoms with Crippen LogP contribution in [0.1, 0.15) is 48.6 Å². The number of aryl methyl sites for hydroxylation is 2. The molecular formula is C29H38N4O. The third kappa shape index (κ3) is 6.02. The number of hydrogen-bond acceptors (Lipinski definition) is 5. The first-order chi connectivity index (χ1) is 16.5. The van der Waals surface area contributed by atoms with Crippen molar-refractivity contribution in [3.05, 3.63) is 77.0 Å². The number of unbranched alkanes of at least 4 members (excludes halogenated alkanes) is 1. The molecule has 0 amide bonds. The first-order valence-electron chi connectivity index (χ1n) is 12.7. The van der Waals surface area contributed by atoms with Gasteiger partial charge in [-0.05, 0) is 31.4 Å². The van der Waals surface area contributed by atoms with E-state index >= 15 is 0 Å². The highest BCUT2D eigenvalue weighted by Gasteiger charge is 2.24. The molecule has 5 nitrogen and oxygen atoms in total. The summed E-state index contributed by atoms with van der Waals surface area (Å²) in [5.74, 6) is 1.85. The van der Waals surface area contributed by atoms with Crippen LogP contribution in [-0.4, -0.2) is 58.8 Å². The lowest BCUT2D eigenvalue weighted by Gasteiger charge is -2.37. The molecular weight excluding hydrogens is 420 g/mol. The molecule has 1 aliphatic heterocycles. The zero-order valence-electron chi connectivity index (χ0n) is 20.9. The molecule has 1 atom stereocenters. The number of aromatic nitrogens is 2. The lowest BCUT2D eigenvalue weighted by atomic mass is 9.99. The fourth-order valence-electron chi connectivity index (χ4n) is 4.74. The predicted molar refractivity (Wildman–Crippen MR) is 140 cm³/mol. The van der Waals surface area contributed by atoms with E-state index in [0.717, 1.165) is 81.3 Å². The molecule has 180 valence electrons. The van der Waals surface area contributed by atoms with Crippen LogP contribution in [0.5, 0.6) is 0 Å². The normalized spacial score (nSPS) is 15.5. The molecule has 1 saturated heterocycles. The fourth-order valence-corrected chi connectivity index (χ4v) is 4.74. The average Bonchev–Trinajstić information content (AvgIpc) is 2.86. The number of nitrogens with zero attached hydrogens (tertiary/aromatic N) is 4. The van der Waals surface area contributed by atoms with Gasteiger partial charge >= 0.3 is 0 Å². The molecule has 5 heteroatoms. The maximum absolute atomic E-state index is 10.4. The van der Waals surface area contributed by atoms with E-state index in [9.17, 15) is 5.11 Å². The summed E-state index contributed by atoms with van der Waals surface area (Å²) in [5, 5.41) is 10.4. The molecule has 1 aliphatic rings. The Hall–Kier alpha value is -2.76. The molecule has 1 N–H and O–H groups in total. The Balaban J connectivity index is 1.59. The highest BCUT2D eigenvalue weighted by Crippen LogP contribution is 2.29. The summed E-state index contributed by atoms with van der Waals surface area (Å²) in [5.41, 5.74) is 5.92. The van der Waals surface area contributed by atoms with Crippen LogP contribution in [0.2, 0.25) is 0 Å². The molecule has 0 radical (unpaired) electrons. The Kier molecular flexibility index (Phi) is 8.30. The number of aliphatic hydroxyl groups excluding tert-OH is 1. The van der Waals surface area contributed by atoms with Crippen molar-refractivity contribution in [2.75, 3.05) is 37.6 Å². The van der Waals surface area contributed by atoms with Crippen molar-refractivity contribution in [2.24, 2.45) is 0 Å². The molecule has 2 aromatic carbocycles. The van der Waals surface area contributed by atoms with E-state index in [1.807, 2.05) is 18.2 Å². The third-order valence-electron chi connectivity index (χ3n) is 6.88. The Morgan fingerprint density at radius 3 is 2.32 bits per heavy atom. The van der Waals surface area contributed by atoms with E-state index in [1.54, 1.807) is 0 Å². The number of hydrogen-bond donors (Lipinski definition) is 1. The molecule has 1 aromatic heterocycles. The van der Waals surface area contributed by atoms with Crippen LogP contribution < -0.4 is 4.90 Å². The summed E-state index contributed by atoms with van der Waals surface area (Å²) >= 11 is 0. The number of benzene rings is 2. The van der Waals surface area contributed by atoms with Gasteiger partial charge in [-0.2, -0.15) is 0 Å². The molecule has 4 rings (SSSR count). The Labute approximate surface area is 204 Å². The second-order valence-electron chi connectivity index (χ2n) is 9.49. The fraction of sp³-hybridized carbons (Fsp3) is 0.448. The summed E-state index contributed by atoms with van der Waals surface area (Å²) in [4.78, 5) is 14.9. The van der Waals surface area contributed by atoms with Gasteiger partial charge in [-0.15, -0.1) is 0 Å². The summed E-state index contributed by atoms with van der Waals surface area (Å²) in [7, 11) is 0. The van der Waals surface area contributed by atoms with Gasteiger partial charge in [0.1, 0.15) is 5.82 Å². The number of β-amino-alcohol motifs (C(OH)–C–C–N with tert-alkyl or cyclic N) is 1. The minimum absolute atomic E-state index is 0.228.